The first-order valence-electron chi connectivity index (χ1n) is 15.2. The SMILES string of the molecule is CC1(C)c2ccccc2-c2c(N(c3ccc(B4OC(C)(C)C(C)(C)O4)cc3)c3ccc(-c4ccccc4)cc3)cccc21. The van der Waals surface area contributed by atoms with Crippen LogP contribution in [-0.4, -0.2) is 18.3 Å². The summed E-state index contributed by atoms with van der Waals surface area (Å²) in [7, 11) is -0.397. The summed E-state index contributed by atoms with van der Waals surface area (Å²) in [4.78, 5) is 2.39. The van der Waals surface area contributed by atoms with Crippen LogP contribution in [0.25, 0.3) is 22.3 Å². The van der Waals surface area contributed by atoms with E-state index in [0.717, 1.165) is 16.8 Å². The molecule has 0 aromatic heterocycles. The number of fused-ring (bicyclic) bond motifs is 3. The molecule has 7 rings (SSSR count). The number of nitrogens with zero attached hydrogens (tertiary/aromatic N) is 1. The number of rotatable bonds is 5. The fourth-order valence-electron chi connectivity index (χ4n) is 6.54. The van der Waals surface area contributed by atoms with Crippen molar-refractivity contribution >= 4 is 29.6 Å². The first kappa shape index (κ1) is 27.7. The van der Waals surface area contributed by atoms with Crippen LogP contribution in [0.3, 0.4) is 0 Å². The summed E-state index contributed by atoms with van der Waals surface area (Å²) in [5, 5.41) is 0. The Morgan fingerprint density at radius 2 is 1.05 bits per heavy atom. The van der Waals surface area contributed by atoms with E-state index in [2.05, 4.69) is 168 Å². The molecule has 1 aliphatic carbocycles. The van der Waals surface area contributed by atoms with Crippen molar-refractivity contribution in [3.63, 3.8) is 0 Å². The molecule has 0 spiro atoms. The summed E-state index contributed by atoms with van der Waals surface area (Å²) in [5.74, 6) is 0. The van der Waals surface area contributed by atoms with Gasteiger partial charge in [-0.1, -0.05) is 105 Å². The van der Waals surface area contributed by atoms with Crippen molar-refractivity contribution in [1.82, 2.24) is 0 Å². The molecule has 5 aromatic rings. The van der Waals surface area contributed by atoms with Gasteiger partial charge in [0.2, 0.25) is 0 Å². The molecular formula is C39H38BNO2. The minimum Gasteiger partial charge on any atom is -0.399 e. The molecule has 0 saturated carbocycles. The highest BCUT2D eigenvalue weighted by Gasteiger charge is 2.51. The maximum atomic E-state index is 6.36. The minimum absolute atomic E-state index is 0.0780. The van der Waals surface area contributed by atoms with Crippen LogP contribution in [0.1, 0.15) is 52.7 Å². The molecule has 1 saturated heterocycles. The Kier molecular flexibility index (Phi) is 6.43. The van der Waals surface area contributed by atoms with Gasteiger partial charge in [-0.15, -0.1) is 0 Å². The van der Waals surface area contributed by atoms with Gasteiger partial charge in [0.25, 0.3) is 0 Å². The van der Waals surface area contributed by atoms with E-state index in [1.807, 2.05) is 0 Å². The van der Waals surface area contributed by atoms with Gasteiger partial charge in [0.15, 0.2) is 0 Å². The number of benzene rings is 5. The average molecular weight is 564 g/mol. The zero-order valence-electron chi connectivity index (χ0n) is 25.9. The van der Waals surface area contributed by atoms with E-state index in [9.17, 15) is 0 Å². The molecule has 3 nitrogen and oxygen atoms in total. The predicted octanol–water partition coefficient (Wildman–Crippen LogP) is 9.43. The Labute approximate surface area is 256 Å². The van der Waals surface area contributed by atoms with Crippen molar-refractivity contribution in [3.05, 3.63) is 132 Å². The van der Waals surface area contributed by atoms with E-state index in [-0.39, 0.29) is 16.6 Å². The smallest absolute Gasteiger partial charge is 0.399 e. The van der Waals surface area contributed by atoms with Crippen molar-refractivity contribution in [1.29, 1.82) is 0 Å². The molecular weight excluding hydrogens is 525 g/mol. The van der Waals surface area contributed by atoms with Gasteiger partial charge in [0.1, 0.15) is 0 Å². The Hall–Kier alpha value is -4.12. The number of hydrogen-bond donors (Lipinski definition) is 0. The minimum atomic E-state index is -0.397. The predicted molar refractivity (Wildman–Crippen MR) is 180 cm³/mol. The van der Waals surface area contributed by atoms with E-state index in [4.69, 9.17) is 9.31 Å². The highest BCUT2D eigenvalue weighted by molar-refractivity contribution is 6.62. The third kappa shape index (κ3) is 4.52. The Morgan fingerprint density at radius 1 is 0.512 bits per heavy atom. The highest BCUT2D eigenvalue weighted by Crippen LogP contribution is 2.54. The summed E-state index contributed by atoms with van der Waals surface area (Å²) in [6.45, 7) is 13.0. The maximum Gasteiger partial charge on any atom is 0.494 e. The fourth-order valence-corrected chi connectivity index (χ4v) is 6.54. The van der Waals surface area contributed by atoms with Gasteiger partial charge >= 0.3 is 7.12 Å². The van der Waals surface area contributed by atoms with Crippen LogP contribution >= 0.6 is 0 Å². The molecule has 1 fully saturated rings. The summed E-state index contributed by atoms with van der Waals surface area (Å²) in [6, 6.07) is 43.7. The Morgan fingerprint density at radius 3 is 1.70 bits per heavy atom. The Bertz CT molecular complexity index is 1770. The molecule has 0 N–H and O–H groups in total. The zero-order chi connectivity index (χ0) is 30.0. The number of anilines is 3. The van der Waals surface area contributed by atoms with E-state index in [1.54, 1.807) is 0 Å². The lowest BCUT2D eigenvalue weighted by Crippen LogP contribution is -2.41. The lowest BCUT2D eigenvalue weighted by atomic mass is 9.79. The van der Waals surface area contributed by atoms with Crippen molar-refractivity contribution in [2.75, 3.05) is 4.90 Å². The van der Waals surface area contributed by atoms with Crippen LogP contribution in [0.5, 0.6) is 0 Å². The van der Waals surface area contributed by atoms with Gasteiger partial charge < -0.3 is 14.2 Å². The third-order valence-corrected chi connectivity index (χ3v) is 9.74. The van der Waals surface area contributed by atoms with Crippen molar-refractivity contribution in [3.8, 4) is 22.3 Å². The van der Waals surface area contributed by atoms with Gasteiger partial charge in [-0.25, -0.2) is 0 Å². The molecule has 4 heteroatoms. The number of hydrogen-bond acceptors (Lipinski definition) is 3. The van der Waals surface area contributed by atoms with E-state index in [1.165, 1.54) is 39.1 Å². The van der Waals surface area contributed by atoms with Gasteiger partial charge in [-0.2, -0.15) is 0 Å². The molecule has 0 bridgehead atoms. The second kappa shape index (κ2) is 9.97. The lowest BCUT2D eigenvalue weighted by Gasteiger charge is -2.32. The third-order valence-electron chi connectivity index (χ3n) is 9.74. The maximum absolute atomic E-state index is 6.36. The largest absolute Gasteiger partial charge is 0.494 e. The van der Waals surface area contributed by atoms with Crippen LogP contribution in [0.2, 0.25) is 0 Å². The average Bonchev–Trinajstić information content (AvgIpc) is 3.38. The van der Waals surface area contributed by atoms with E-state index < -0.39 is 7.12 Å². The first-order chi connectivity index (χ1) is 20.6. The summed E-state index contributed by atoms with van der Waals surface area (Å²) < 4.78 is 12.7. The monoisotopic (exact) mass is 563 g/mol. The van der Waals surface area contributed by atoms with Crippen LogP contribution in [-0.2, 0) is 14.7 Å². The summed E-state index contributed by atoms with van der Waals surface area (Å²) in [6.07, 6.45) is 0. The molecule has 0 radical (unpaired) electrons. The van der Waals surface area contributed by atoms with E-state index in [0.29, 0.717) is 0 Å². The van der Waals surface area contributed by atoms with Gasteiger partial charge in [0, 0.05) is 22.4 Å². The standard InChI is InChI=1S/C39H38BNO2/c1-37(2)33-16-11-10-15-32(33)36-34(37)17-12-18-35(36)41(30-23-19-28(20-24-30)27-13-8-7-9-14-27)31-25-21-29(22-26-31)40-42-38(3,4)39(5,6)43-40/h7-26H,1-6H3. The molecule has 0 amide bonds. The second-order valence-electron chi connectivity index (χ2n) is 13.3. The van der Waals surface area contributed by atoms with Crippen LogP contribution in [0.4, 0.5) is 17.1 Å². The molecule has 5 aromatic carbocycles. The molecule has 43 heavy (non-hydrogen) atoms. The van der Waals surface area contributed by atoms with Crippen LogP contribution < -0.4 is 10.4 Å². The first-order valence-corrected chi connectivity index (χ1v) is 15.2. The Balaban J connectivity index is 1.35. The van der Waals surface area contributed by atoms with Gasteiger partial charge in [0.05, 0.1) is 16.9 Å². The molecule has 214 valence electrons. The summed E-state index contributed by atoms with van der Waals surface area (Å²) >= 11 is 0. The lowest BCUT2D eigenvalue weighted by molar-refractivity contribution is 0.00578. The van der Waals surface area contributed by atoms with Gasteiger partial charge in [-0.3, -0.25) is 0 Å². The fraction of sp³-hybridized carbons (Fsp3) is 0.231. The van der Waals surface area contributed by atoms with Gasteiger partial charge in [-0.05, 0) is 91.3 Å². The highest BCUT2D eigenvalue weighted by atomic mass is 16.7. The quantitative estimate of drug-likeness (QED) is 0.199. The second-order valence-corrected chi connectivity index (χ2v) is 13.3. The van der Waals surface area contributed by atoms with E-state index >= 15 is 0 Å². The molecule has 1 aliphatic heterocycles. The van der Waals surface area contributed by atoms with Crippen molar-refractivity contribution in [2.45, 2.75) is 58.2 Å². The van der Waals surface area contributed by atoms with Crippen molar-refractivity contribution in [2.24, 2.45) is 0 Å². The topological polar surface area (TPSA) is 21.7 Å². The molecule has 0 atom stereocenters. The van der Waals surface area contributed by atoms with Crippen molar-refractivity contribution < 1.29 is 9.31 Å². The normalized spacial score (nSPS) is 17.4. The zero-order valence-corrected chi connectivity index (χ0v) is 25.9. The summed E-state index contributed by atoms with van der Waals surface area (Å²) in [5.41, 5.74) is 11.3. The van der Waals surface area contributed by atoms with Crippen LogP contribution in [0, 0.1) is 0 Å². The molecule has 2 aliphatic rings. The molecule has 0 unspecified atom stereocenters. The molecule has 1 heterocycles. The van der Waals surface area contributed by atoms with Crippen LogP contribution in [0.15, 0.2) is 121 Å².